The van der Waals surface area contributed by atoms with Gasteiger partial charge in [0.05, 0.1) is 11.3 Å². The first-order valence-electron chi connectivity index (χ1n) is 8.43. The van der Waals surface area contributed by atoms with Crippen molar-refractivity contribution < 1.29 is 4.79 Å². The van der Waals surface area contributed by atoms with Crippen LogP contribution < -0.4 is 15.0 Å². The van der Waals surface area contributed by atoms with Gasteiger partial charge in [0.25, 0.3) is 11.5 Å². The Bertz CT molecular complexity index is 1330. The number of carbonyl (C=O) groups is 1. The molecule has 1 aliphatic heterocycles. The van der Waals surface area contributed by atoms with Crippen LogP contribution in [0.25, 0.3) is 21.9 Å². The van der Waals surface area contributed by atoms with E-state index in [-0.39, 0.29) is 11.5 Å². The molecule has 132 valence electrons. The van der Waals surface area contributed by atoms with Crippen molar-refractivity contribution in [3.8, 4) is 11.4 Å². The summed E-state index contributed by atoms with van der Waals surface area (Å²) < 4.78 is 1.67. The number of likely N-dealkylation sites (N-methyl/N-ethyl adjacent to an activating group) is 1. The molecule has 3 heterocycles. The lowest BCUT2D eigenvalue weighted by Crippen LogP contribution is -2.30. The molecule has 7 heteroatoms. The zero-order valence-corrected chi connectivity index (χ0v) is 15.4. The number of aryl methyl sites for hydroxylation is 1. The van der Waals surface area contributed by atoms with Crippen molar-refractivity contribution in [3.05, 3.63) is 74.5 Å². The topological polar surface area (TPSA) is 67.6 Å². The van der Waals surface area contributed by atoms with E-state index in [4.69, 9.17) is 0 Å². The molecule has 2 aromatic heterocycles. The summed E-state index contributed by atoms with van der Waals surface area (Å²) in [7, 11) is 1.71. The van der Waals surface area contributed by atoms with Gasteiger partial charge in [-0.2, -0.15) is 9.50 Å². The average molecular weight is 374 g/mol. The van der Waals surface area contributed by atoms with E-state index in [2.05, 4.69) is 10.1 Å². The molecule has 1 aliphatic rings. The second kappa shape index (κ2) is 5.59. The maximum Gasteiger partial charge on any atom is 0.291 e. The van der Waals surface area contributed by atoms with E-state index in [0.29, 0.717) is 20.9 Å². The third kappa shape index (κ3) is 2.25. The highest BCUT2D eigenvalue weighted by molar-refractivity contribution is 7.15. The van der Waals surface area contributed by atoms with E-state index in [0.717, 1.165) is 22.4 Å². The molecule has 2 aromatic carbocycles. The number of hydrogen-bond acceptors (Lipinski definition) is 5. The number of hydrogen-bond donors (Lipinski definition) is 0. The number of para-hydroxylation sites is 1. The Hall–Kier alpha value is -3.32. The highest BCUT2D eigenvalue weighted by Gasteiger charge is 2.31. The fourth-order valence-corrected chi connectivity index (χ4v) is 4.30. The summed E-state index contributed by atoms with van der Waals surface area (Å²) >= 11 is 1.20. The van der Waals surface area contributed by atoms with Crippen molar-refractivity contribution in [3.63, 3.8) is 0 Å². The zero-order valence-electron chi connectivity index (χ0n) is 14.6. The van der Waals surface area contributed by atoms with E-state index in [1.165, 1.54) is 15.9 Å². The van der Waals surface area contributed by atoms with Gasteiger partial charge in [-0.25, -0.2) is 0 Å². The summed E-state index contributed by atoms with van der Waals surface area (Å²) in [5.41, 5.74) is 3.68. The highest BCUT2D eigenvalue weighted by atomic mass is 32.1. The van der Waals surface area contributed by atoms with Gasteiger partial charge in [0.2, 0.25) is 4.96 Å². The predicted molar refractivity (Wildman–Crippen MR) is 105 cm³/mol. The lowest BCUT2D eigenvalue weighted by atomic mass is 10.1. The summed E-state index contributed by atoms with van der Waals surface area (Å²) in [6, 6.07) is 15.3. The van der Waals surface area contributed by atoms with E-state index in [1.54, 1.807) is 11.9 Å². The van der Waals surface area contributed by atoms with E-state index in [9.17, 15) is 9.59 Å². The van der Waals surface area contributed by atoms with E-state index in [1.807, 2.05) is 55.5 Å². The van der Waals surface area contributed by atoms with Crippen LogP contribution in [0.4, 0.5) is 5.69 Å². The van der Waals surface area contributed by atoms with Crippen LogP contribution >= 0.6 is 11.3 Å². The fraction of sp³-hybridized carbons (Fsp3) is 0.100. The Morgan fingerprint density at radius 3 is 2.48 bits per heavy atom. The summed E-state index contributed by atoms with van der Waals surface area (Å²) in [4.78, 5) is 32.2. The normalized spacial score (nSPS) is 15.6. The monoisotopic (exact) mass is 374 g/mol. The standard InChI is InChI=1S/C20H14N4O2S/c1-11-7-9-12(10-8-11)17-21-20-24(22-17)19(26)16(27-20)15-13-5-3-4-6-14(13)23(2)18(15)25/h3-10H,1-2H3/b16-15-. The smallest absolute Gasteiger partial charge is 0.291 e. The van der Waals surface area contributed by atoms with Gasteiger partial charge >= 0.3 is 0 Å². The molecule has 0 atom stereocenters. The Labute approximate surface area is 158 Å². The lowest BCUT2D eigenvalue weighted by Gasteiger charge is -2.07. The van der Waals surface area contributed by atoms with Gasteiger partial charge in [-0.1, -0.05) is 59.4 Å². The minimum atomic E-state index is -0.311. The molecular formula is C20H14N4O2S. The Balaban J connectivity index is 1.75. The van der Waals surface area contributed by atoms with Gasteiger partial charge in [0.15, 0.2) is 5.82 Å². The van der Waals surface area contributed by atoms with Crippen LogP contribution in [0, 0.1) is 6.92 Å². The first-order chi connectivity index (χ1) is 13.0. The van der Waals surface area contributed by atoms with Gasteiger partial charge in [-0.15, -0.1) is 5.10 Å². The third-order valence-electron chi connectivity index (χ3n) is 4.75. The van der Waals surface area contributed by atoms with Gasteiger partial charge in [0, 0.05) is 18.2 Å². The van der Waals surface area contributed by atoms with Crippen molar-refractivity contribution in [2.75, 3.05) is 11.9 Å². The summed E-state index contributed by atoms with van der Waals surface area (Å²) in [6.07, 6.45) is 0. The van der Waals surface area contributed by atoms with Crippen molar-refractivity contribution in [2.24, 2.45) is 0 Å². The summed E-state index contributed by atoms with van der Waals surface area (Å²) in [6.45, 7) is 2.01. The number of anilines is 1. The Morgan fingerprint density at radius 2 is 1.74 bits per heavy atom. The molecule has 0 bridgehead atoms. The minimum Gasteiger partial charge on any atom is -0.311 e. The molecule has 0 fully saturated rings. The molecule has 27 heavy (non-hydrogen) atoms. The average Bonchev–Trinajstić information content (AvgIpc) is 3.29. The van der Waals surface area contributed by atoms with Gasteiger partial charge in [-0.3, -0.25) is 9.59 Å². The van der Waals surface area contributed by atoms with Gasteiger partial charge < -0.3 is 4.90 Å². The van der Waals surface area contributed by atoms with Crippen molar-refractivity contribution >= 4 is 33.5 Å². The molecule has 0 saturated heterocycles. The number of thiazole rings is 1. The maximum atomic E-state index is 13.0. The largest absolute Gasteiger partial charge is 0.311 e. The number of fused-ring (bicyclic) bond motifs is 2. The molecule has 0 radical (unpaired) electrons. The molecule has 4 aromatic rings. The fourth-order valence-electron chi connectivity index (χ4n) is 3.30. The Kier molecular flexibility index (Phi) is 3.29. The molecule has 0 unspecified atom stereocenters. The van der Waals surface area contributed by atoms with Crippen LogP contribution in [0.2, 0.25) is 0 Å². The van der Waals surface area contributed by atoms with Crippen molar-refractivity contribution in [2.45, 2.75) is 6.92 Å². The molecular weight excluding hydrogens is 360 g/mol. The number of benzene rings is 2. The van der Waals surface area contributed by atoms with Crippen molar-refractivity contribution in [1.29, 1.82) is 0 Å². The van der Waals surface area contributed by atoms with E-state index < -0.39 is 0 Å². The van der Waals surface area contributed by atoms with Gasteiger partial charge in [0.1, 0.15) is 4.53 Å². The second-order valence-corrected chi connectivity index (χ2v) is 7.47. The van der Waals surface area contributed by atoms with Crippen LogP contribution in [-0.4, -0.2) is 27.6 Å². The van der Waals surface area contributed by atoms with Crippen LogP contribution in [0.1, 0.15) is 11.1 Å². The van der Waals surface area contributed by atoms with Crippen LogP contribution in [0.15, 0.2) is 53.3 Å². The van der Waals surface area contributed by atoms with Gasteiger partial charge in [-0.05, 0) is 13.0 Å². The van der Waals surface area contributed by atoms with Crippen LogP contribution in [-0.2, 0) is 4.79 Å². The maximum absolute atomic E-state index is 13.0. The molecule has 6 nitrogen and oxygen atoms in total. The molecule has 0 saturated carbocycles. The number of rotatable bonds is 1. The first kappa shape index (κ1) is 15.9. The van der Waals surface area contributed by atoms with Crippen LogP contribution in [0.5, 0.6) is 0 Å². The number of carbonyl (C=O) groups excluding carboxylic acids is 1. The lowest BCUT2D eigenvalue weighted by molar-refractivity contribution is -0.112. The third-order valence-corrected chi connectivity index (χ3v) is 5.78. The minimum absolute atomic E-state index is 0.184. The molecule has 0 N–H and O–H groups in total. The highest BCUT2D eigenvalue weighted by Crippen LogP contribution is 2.33. The zero-order chi connectivity index (χ0) is 18.7. The first-order valence-corrected chi connectivity index (χ1v) is 9.24. The quantitative estimate of drug-likeness (QED) is 0.511. The molecule has 5 rings (SSSR count). The number of amides is 1. The molecule has 1 amide bonds. The molecule has 0 aliphatic carbocycles. The second-order valence-electron chi connectivity index (χ2n) is 6.49. The predicted octanol–water partition coefficient (Wildman–Crippen LogP) is 2.02. The molecule has 0 spiro atoms. The van der Waals surface area contributed by atoms with Crippen molar-refractivity contribution in [1.82, 2.24) is 14.6 Å². The van der Waals surface area contributed by atoms with E-state index >= 15 is 0 Å². The summed E-state index contributed by atoms with van der Waals surface area (Å²) in [5.74, 6) is 0.321. The number of nitrogens with zero attached hydrogens (tertiary/aromatic N) is 4. The van der Waals surface area contributed by atoms with Crippen LogP contribution in [0.3, 0.4) is 0 Å². The Morgan fingerprint density at radius 1 is 1.00 bits per heavy atom. The SMILES string of the molecule is Cc1ccc(-c2nc3s/c(=C4\C(=O)N(C)c5ccccc54)c(=O)n3n2)cc1. The number of aromatic nitrogens is 3. The summed E-state index contributed by atoms with van der Waals surface area (Å²) in [5, 5.41) is 4.37.